The topological polar surface area (TPSA) is 38.9 Å². The molecule has 0 aliphatic carbocycles. The van der Waals surface area contributed by atoms with Crippen molar-refractivity contribution in [1.82, 2.24) is 10.1 Å². The number of hydrogen-bond acceptors (Lipinski definition) is 3. The highest BCUT2D eigenvalue weighted by Gasteiger charge is 2.29. The maximum absolute atomic E-state index is 12.3. The van der Waals surface area contributed by atoms with Crippen LogP contribution in [0.4, 0.5) is 13.2 Å². The summed E-state index contributed by atoms with van der Waals surface area (Å²) in [6.07, 6.45) is 0.0461. The lowest BCUT2D eigenvalue weighted by Crippen LogP contribution is -2.03. The van der Waals surface area contributed by atoms with E-state index in [2.05, 4.69) is 10.1 Å². The van der Waals surface area contributed by atoms with Crippen LogP contribution in [0.2, 0.25) is 0 Å². The molecule has 0 spiro atoms. The van der Waals surface area contributed by atoms with Gasteiger partial charge in [0, 0.05) is 6.08 Å². The minimum Gasteiger partial charge on any atom is -0.335 e. The second kappa shape index (κ2) is 4.40. The molecule has 2 rings (SSSR count). The van der Waals surface area contributed by atoms with E-state index in [0.29, 0.717) is 11.5 Å². The normalized spacial score (nSPS) is 12.2. The van der Waals surface area contributed by atoms with Crippen LogP contribution in [0, 0.1) is 0 Å². The number of aromatic nitrogens is 2. The molecule has 2 aromatic rings. The number of alkyl halides is 3. The van der Waals surface area contributed by atoms with Gasteiger partial charge in [0.2, 0.25) is 5.89 Å². The maximum atomic E-state index is 12.3. The predicted molar refractivity (Wildman–Crippen MR) is 54.7 cm³/mol. The fourth-order valence-corrected chi connectivity index (χ4v) is 1.21. The molecular weight excluding hydrogens is 233 g/mol. The van der Waals surface area contributed by atoms with Crippen LogP contribution in [-0.2, 0) is 6.18 Å². The van der Waals surface area contributed by atoms with Crippen molar-refractivity contribution in [2.24, 2.45) is 0 Å². The van der Waals surface area contributed by atoms with Gasteiger partial charge in [-0.15, -0.1) is 0 Å². The van der Waals surface area contributed by atoms with Gasteiger partial charge in [0.25, 0.3) is 0 Å². The SMILES string of the molecule is FC(F)(F)c1ccc(/C=C/c2ncno2)cc1. The van der Waals surface area contributed by atoms with E-state index in [0.717, 1.165) is 12.1 Å². The zero-order valence-corrected chi connectivity index (χ0v) is 8.48. The highest BCUT2D eigenvalue weighted by molar-refractivity contribution is 5.65. The van der Waals surface area contributed by atoms with Crippen molar-refractivity contribution in [2.75, 3.05) is 0 Å². The molecule has 3 nitrogen and oxygen atoms in total. The van der Waals surface area contributed by atoms with Gasteiger partial charge < -0.3 is 4.52 Å². The molecule has 88 valence electrons. The molecule has 1 aromatic carbocycles. The standard InChI is InChI=1S/C11H7F3N2O/c12-11(13,14)9-4-1-8(2-5-9)3-6-10-15-7-16-17-10/h1-7H/b6-3+. The Morgan fingerprint density at radius 1 is 1.06 bits per heavy atom. The molecular formula is C11H7F3N2O. The van der Waals surface area contributed by atoms with E-state index in [1.54, 1.807) is 6.08 Å². The molecule has 0 saturated carbocycles. The van der Waals surface area contributed by atoms with Crippen molar-refractivity contribution in [3.05, 3.63) is 47.6 Å². The third-order valence-corrected chi connectivity index (χ3v) is 2.03. The smallest absolute Gasteiger partial charge is 0.335 e. The van der Waals surface area contributed by atoms with E-state index >= 15 is 0 Å². The molecule has 0 fully saturated rings. The van der Waals surface area contributed by atoms with Gasteiger partial charge in [0.15, 0.2) is 6.33 Å². The summed E-state index contributed by atoms with van der Waals surface area (Å²) in [5.74, 6) is 0.296. The quantitative estimate of drug-likeness (QED) is 0.808. The first-order valence-electron chi connectivity index (χ1n) is 4.68. The Hall–Kier alpha value is -2.11. The van der Waals surface area contributed by atoms with Crippen LogP contribution in [0.15, 0.2) is 35.1 Å². The van der Waals surface area contributed by atoms with E-state index < -0.39 is 11.7 Å². The van der Waals surface area contributed by atoms with Gasteiger partial charge in [-0.05, 0) is 23.8 Å². The average Bonchev–Trinajstić information content (AvgIpc) is 2.78. The molecule has 0 radical (unpaired) electrons. The Kier molecular flexibility index (Phi) is 2.95. The Morgan fingerprint density at radius 2 is 1.76 bits per heavy atom. The summed E-state index contributed by atoms with van der Waals surface area (Å²) in [5, 5.41) is 3.39. The van der Waals surface area contributed by atoms with Crippen LogP contribution in [0.3, 0.4) is 0 Å². The molecule has 1 heterocycles. The first-order valence-corrected chi connectivity index (χ1v) is 4.68. The number of hydrogen-bond donors (Lipinski definition) is 0. The van der Waals surface area contributed by atoms with Crippen molar-refractivity contribution >= 4 is 12.2 Å². The summed E-state index contributed by atoms with van der Waals surface area (Å²) >= 11 is 0. The number of nitrogens with zero attached hydrogens (tertiary/aromatic N) is 2. The van der Waals surface area contributed by atoms with Crippen molar-refractivity contribution in [3.63, 3.8) is 0 Å². The van der Waals surface area contributed by atoms with Gasteiger partial charge in [-0.25, -0.2) is 0 Å². The molecule has 0 aliphatic heterocycles. The lowest BCUT2D eigenvalue weighted by atomic mass is 10.1. The van der Waals surface area contributed by atoms with Crippen molar-refractivity contribution in [1.29, 1.82) is 0 Å². The van der Waals surface area contributed by atoms with Crippen LogP contribution in [0.1, 0.15) is 17.0 Å². The summed E-state index contributed by atoms with van der Waals surface area (Å²) in [6, 6.07) is 4.78. The predicted octanol–water partition coefficient (Wildman–Crippen LogP) is 3.26. The van der Waals surface area contributed by atoms with E-state index in [4.69, 9.17) is 4.52 Å². The largest absolute Gasteiger partial charge is 0.416 e. The van der Waals surface area contributed by atoms with Gasteiger partial charge in [-0.3, -0.25) is 0 Å². The maximum Gasteiger partial charge on any atom is 0.416 e. The minimum absolute atomic E-state index is 0.296. The van der Waals surface area contributed by atoms with Crippen molar-refractivity contribution < 1.29 is 17.7 Å². The second-order valence-electron chi connectivity index (χ2n) is 3.23. The molecule has 0 atom stereocenters. The Labute approximate surface area is 94.6 Å². The third kappa shape index (κ3) is 2.93. The van der Waals surface area contributed by atoms with Gasteiger partial charge in [-0.2, -0.15) is 18.2 Å². The fourth-order valence-electron chi connectivity index (χ4n) is 1.21. The molecule has 0 bridgehead atoms. The average molecular weight is 240 g/mol. The first-order chi connectivity index (χ1) is 8.05. The van der Waals surface area contributed by atoms with Crippen LogP contribution >= 0.6 is 0 Å². The number of halogens is 3. The molecule has 1 aromatic heterocycles. The highest BCUT2D eigenvalue weighted by Crippen LogP contribution is 2.29. The highest BCUT2D eigenvalue weighted by atomic mass is 19.4. The molecule has 0 N–H and O–H groups in total. The first kappa shape index (κ1) is 11.4. The zero-order chi connectivity index (χ0) is 12.3. The van der Waals surface area contributed by atoms with E-state index in [1.807, 2.05) is 0 Å². The van der Waals surface area contributed by atoms with Crippen LogP contribution in [-0.4, -0.2) is 10.1 Å². The van der Waals surface area contributed by atoms with Crippen LogP contribution in [0.5, 0.6) is 0 Å². The van der Waals surface area contributed by atoms with Crippen LogP contribution in [0.25, 0.3) is 12.2 Å². The summed E-state index contributed by atoms with van der Waals surface area (Å²) < 4.78 is 41.5. The van der Waals surface area contributed by atoms with Gasteiger partial charge in [-0.1, -0.05) is 17.3 Å². The molecule has 0 amide bonds. The monoisotopic (exact) mass is 240 g/mol. The van der Waals surface area contributed by atoms with Gasteiger partial charge in [0.1, 0.15) is 0 Å². The van der Waals surface area contributed by atoms with Gasteiger partial charge in [0.05, 0.1) is 5.56 Å². The van der Waals surface area contributed by atoms with E-state index in [9.17, 15) is 13.2 Å². The van der Waals surface area contributed by atoms with Crippen molar-refractivity contribution in [2.45, 2.75) is 6.18 Å². The summed E-state index contributed by atoms with van der Waals surface area (Å²) in [7, 11) is 0. The van der Waals surface area contributed by atoms with E-state index in [1.165, 1.54) is 24.5 Å². The van der Waals surface area contributed by atoms with E-state index in [-0.39, 0.29) is 0 Å². The van der Waals surface area contributed by atoms with Crippen LogP contribution < -0.4 is 0 Å². The lowest BCUT2D eigenvalue weighted by Gasteiger charge is -2.05. The minimum atomic E-state index is -4.31. The third-order valence-electron chi connectivity index (χ3n) is 2.03. The lowest BCUT2D eigenvalue weighted by molar-refractivity contribution is -0.137. The zero-order valence-electron chi connectivity index (χ0n) is 8.48. The van der Waals surface area contributed by atoms with Crippen molar-refractivity contribution in [3.8, 4) is 0 Å². The Bertz CT molecular complexity index is 501. The molecule has 0 saturated heterocycles. The summed E-state index contributed by atoms with van der Waals surface area (Å²) in [5.41, 5.74) is -0.0522. The van der Waals surface area contributed by atoms with Gasteiger partial charge >= 0.3 is 6.18 Å². The number of benzene rings is 1. The summed E-state index contributed by atoms with van der Waals surface area (Å²) in [6.45, 7) is 0. The fraction of sp³-hybridized carbons (Fsp3) is 0.0909. The Balaban J connectivity index is 2.14. The Morgan fingerprint density at radius 3 is 2.29 bits per heavy atom. The summed E-state index contributed by atoms with van der Waals surface area (Å²) in [4.78, 5) is 3.74. The second-order valence-corrected chi connectivity index (χ2v) is 3.23. The molecule has 0 unspecified atom stereocenters. The molecule has 0 aliphatic rings. The molecule has 17 heavy (non-hydrogen) atoms. The number of rotatable bonds is 2. The molecule has 6 heteroatoms.